The second-order valence-corrected chi connectivity index (χ2v) is 7.11. The van der Waals surface area contributed by atoms with Gasteiger partial charge in [-0.15, -0.1) is 0 Å². The fourth-order valence-corrected chi connectivity index (χ4v) is 3.27. The zero-order valence-electron chi connectivity index (χ0n) is 16.5. The molecular formula is C24H18ClN3O3. The molecule has 0 saturated heterocycles. The summed E-state index contributed by atoms with van der Waals surface area (Å²) in [7, 11) is 1.62. The number of carbonyl (C=O) groups is 1. The van der Waals surface area contributed by atoms with Gasteiger partial charge in [0.25, 0.3) is 5.91 Å². The molecule has 0 unspecified atom stereocenters. The average molecular weight is 432 g/mol. The average Bonchev–Trinajstić information content (AvgIpc) is 2.80. The Hall–Kier alpha value is -3.90. The molecule has 1 amide bonds. The highest BCUT2D eigenvalue weighted by Crippen LogP contribution is 2.26. The van der Waals surface area contributed by atoms with E-state index in [2.05, 4.69) is 10.5 Å². The molecule has 7 heteroatoms. The van der Waals surface area contributed by atoms with Gasteiger partial charge < -0.3 is 9.84 Å². The van der Waals surface area contributed by atoms with E-state index in [1.165, 1.54) is 18.2 Å². The summed E-state index contributed by atoms with van der Waals surface area (Å²) in [4.78, 5) is 17.1. The van der Waals surface area contributed by atoms with Crippen LogP contribution >= 0.6 is 11.6 Å². The molecule has 2 N–H and O–H groups in total. The number of ether oxygens (including phenoxy) is 1. The quantitative estimate of drug-likeness (QED) is 0.343. The van der Waals surface area contributed by atoms with Crippen molar-refractivity contribution in [3.63, 3.8) is 0 Å². The highest BCUT2D eigenvalue weighted by atomic mass is 35.5. The van der Waals surface area contributed by atoms with E-state index in [0.29, 0.717) is 5.56 Å². The smallest absolute Gasteiger partial charge is 0.271 e. The number of carbonyl (C=O) groups excluding carboxylic acids is 1. The van der Waals surface area contributed by atoms with Gasteiger partial charge in [-0.2, -0.15) is 5.10 Å². The number of fused-ring (bicyclic) bond motifs is 1. The number of benzene rings is 3. The van der Waals surface area contributed by atoms with Crippen LogP contribution in [0.1, 0.15) is 15.9 Å². The molecule has 0 radical (unpaired) electrons. The fourth-order valence-electron chi connectivity index (χ4n) is 3.09. The summed E-state index contributed by atoms with van der Waals surface area (Å²) in [6, 6.07) is 21.5. The van der Waals surface area contributed by atoms with Gasteiger partial charge in [-0.25, -0.2) is 10.4 Å². The molecular weight excluding hydrogens is 414 g/mol. The Morgan fingerprint density at radius 3 is 2.61 bits per heavy atom. The zero-order chi connectivity index (χ0) is 21.8. The van der Waals surface area contributed by atoms with Crippen LogP contribution in [-0.2, 0) is 0 Å². The summed E-state index contributed by atoms with van der Waals surface area (Å²) in [5.74, 6) is 0.242. The Morgan fingerprint density at radius 2 is 1.87 bits per heavy atom. The predicted molar refractivity (Wildman–Crippen MR) is 122 cm³/mol. The first kappa shape index (κ1) is 20.4. The molecule has 4 rings (SSSR count). The number of hydrazone groups is 1. The van der Waals surface area contributed by atoms with E-state index >= 15 is 0 Å². The third-order valence-electron chi connectivity index (χ3n) is 4.71. The number of nitrogens with zero attached hydrogens (tertiary/aromatic N) is 2. The molecule has 31 heavy (non-hydrogen) atoms. The summed E-state index contributed by atoms with van der Waals surface area (Å²) >= 11 is 5.86. The first-order chi connectivity index (χ1) is 15.0. The van der Waals surface area contributed by atoms with Crippen LogP contribution in [0.5, 0.6) is 11.5 Å². The van der Waals surface area contributed by atoms with Gasteiger partial charge in [-0.05, 0) is 54.6 Å². The maximum Gasteiger partial charge on any atom is 0.271 e. The van der Waals surface area contributed by atoms with Gasteiger partial charge in [0.15, 0.2) is 0 Å². The third kappa shape index (κ3) is 4.49. The van der Waals surface area contributed by atoms with Gasteiger partial charge in [0.05, 0.1) is 29.6 Å². The molecule has 0 aliphatic rings. The first-order valence-corrected chi connectivity index (χ1v) is 9.79. The summed E-state index contributed by atoms with van der Waals surface area (Å²) < 4.78 is 5.22. The minimum atomic E-state index is -0.438. The van der Waals surface area contributed by atoms with Crippen LogP contribution < -0.4 is 10.2 Å². The number of para-hydroxylation sites is 1. The second-order valence-electron chi connectivity index (χ2n) is 6.71. The normalized spacial score (nSPS) is 11.0. The van der Waals surface area contributed by atoms with Crippen molar-refractivity contribution in [1.29, 1.82) is 0 Å². The van der Waals surface area contributed by atoms with Gasteiger partial charge in [-0.3, -0.25) is 4.79 Å². The molecule has 0 spiro atoms. The number of pyridine rings is 1. The van der Waals surface area contributed by atoms with E-state index < -0.39 is 5.91 Å². The molecule has 3 aromatic carbocycles. The van der Waals surface area contributed by atoms with E-state index in [4.69, 9.17) is 21.3 Å². The SMILES string of the molecule is COc1ccc(-c2cc(C=NNC(=O)c3ccc(O)c(Cl)c3)c3ccccc3n2)cc1. The van der Waals surface area contributed by atoms with Gasteiger partial charge >= 0.3 is 0 Å². The number of halogens is 1. The van der Waals surface area contributed by atoms with E-state index in [9.17, 15) is 9.90 Å². The number of nitrogens with one attached hydrogen (secondary N) is 1. The lowest BCUT2D eigenvalue weighted by Gasteiger charge is -2.08. The lowest BCUT2D eigenvalue weighted by atomic mass is 10.0. The molecule has 0 atom stereocenters. The van der Waals surface area contributed by atoms with Crippen molar-refractivity contribution in [3.05, 3.63) is 88.9 Å². The van der Waals surface area contributed by atoms with Crippen LogP contribution in [0.25, 0.3) is 22.2 Å². The first-order valence-electron chi connectivity index (χ1n) is 9.41. The van der Waals surface area contributed by atoms with Gasteiger partial charge in [0.2, 0.25) is 0 Å². The minimum Gasteiger partial charge on any atom is -0.506 e. The number of methoxy groups -OCH3 is 1. The van der Waals surface area contributed by atoms with E-state index in [1.807, 2.05) is 54.6 Å². The van der Waals surface area contributed by atoms with Crippen molar-refractivity contribution in [2.75, 3.05) is 7.11 Å². The number of aromatic nitrogens is 1. The predicted octanol–water partition coefficient (Wildman–Crippen LogP) is 5.03. The molecule has 0 bridgehead atoms. The maximum atomic E-state index is 12.3. The summed E-state index contributed by atoms with van der Waals surface area (Å²) in [6.07, 6.45) is 1.58. The Bertz CT molecular complexity index is 1290. The number of hydrogen-bond donors (Lipinski definition) is 2. The highest BCUT2D eigenvalue weighted by molar-refractivity contribution is 6.32. The standard InChI is InChI=1S/C24H18ClN3O3/c1-31-18-9-6-15(7-10-18)22-13-17(19-4-2-3-5-21(19)27-22)14-26-28-24(30)16-8-11-23(29)20(25)12-16/h2-14,29H,1H3,(H,28,30). The molecule has 1 heterocycles. The molecule has 0 aliphatic carbocycles. The largest absolute Gasteiger partial charge is 0.506 e. The zero-order valence-corrected chi connectivity index (χ0v) is 17.3. The van der Waals surface area contributed by atoms with Gasteiger partial charge in [-0.1, -0.05) is 29.8 Å². The van der Waals surface area contributed by atoms with Crippen molar-refractivity contribution in [2.45, 2.75) is 0 Å². The van der Waals surface area contributed by atoms with Crippen LogP contribution in [0.4, 0.5) is 0 Å². The molecule has 0 saturated carbocycles. The third-order valence-corrected chi connectivity index (χ3v) is 5.02. The van der Waals surface area contributed by atoms with Crippen LogP contribution in [-0.4, -0.2) is 29.3 Å². The minimum absolute atomic E-state index is 0.0870. The number of amides is 1. The Labute approximate surface area is 183 Å². The Balaban J connectivity index is 1.64. The molecule has 4 aromatic rings. The fraction of sp³-hybridized carbons (Fsp3) is 0.0417. The number of rotatable bonds is 5. The molecule has 0 fully saturated rings. The molecule has 0 aliphatic heterocycles. The van der Waals surface area contributed by atoms with E-state index in [-0.39, 0.29) is 10.8 Å². The summed E-state index contributed by atoms with van der Waals surface area (Å²) in [5.41, 5.74) is 6.11. The number of phenolic OH excluding ortho intramolecular Hbond substituents is 1. The molecule has 1 aromatic heterocycles. The van der Waals surface area contributed by atoms with E-state index in [1.54, 1.807) is 13.3 Å². The van der Waals surface area contributed by atoms with Crippen molar-refractivity contribution in [2.24, 2.45) is 5.10 Å². The lowest BCUT2D eigenvalue weighted by molar-refractivity contribution is 0.0955. The van der Waals surface area contributed by atoms with Crippen molar-refractivity contribution >= 4 is 34.6 Å². The Morgan fingerprint density at radius 1 is 1.10 bits per heavy atom. The van der Waals surface area contributed by atoms with Gasteiger partial charge in [0.1, 0.15) is 11.5 Å². The van der Waals surface area contributed by atoms with Gasteiger partial charge in [0, 0.05) is 22.1 Å². The van der Waals surface area contributed by atoms with Crippen LogP contribution in [0.15, 0.2) is 77.9 Å². The van der Waals surface area contributed by atoms with Crippen molar-refractivity contribution in [3.8, 4) is 22.8 Å². The highest BCUT2D eigenvalue weighted by Gasteiger charge is 2.09. The van der Waals surface area contributed by atoms with Crippen LogP contribution in [0.2, 0.25) is 5.02 Å². The monoisotopic (exact) mass is 431 g/mol. The number of hydrogen-bond acceptors (Lipinski definition) is 5. The molecule has 6 nitrogen and oxygen atoms in total. The maximum absolute atomic E-state index is 12.3. The number of phenols is 1. The topological polar surface area (TPSA) is 83.8 Å². The van der Waals surface area contributed by atoms with Crippen molar-refractivity contribution in [1.82, 2.24) is 10.4 Å². The number of aromatic hydroxyl groups is 1. The Kier molecular flexibility index (Phi) is 5.82. The van der Waals surface area contributed by atoms with Crippen LogP contribution in [0.3, 0.4) is 0 Å². The lowest BCUT2D eigenvalue weighted by Crippen LogP contribution is -2.17. The summed E-state index contributed by atoms with van der Waals surface area (Å²) in [5, 5.41) is 14.6. The van der Waals surface area contributed by atoms with E-state index in [0.717, 1.165) is 33.5 Å². The van der Waals surface area contributed by atoms with Crippen molar-refractivity contribution < 1.29 is 14.6 Å². The molecule has 154 valence electrons. The van der Waals surface area contributed by atoms with Crippen LogP contribution in [0, 0.1) is 0 Å². The summed E-state index contributed by atoms with van der Waals surface area (Å²) in [6.45, 7) is 0. The second kappa shape index (κ2) is 8.85.